The Kier molecular flexibility index (Phi) is 7.10. The van der Waals surface area contributed by atoms with Gasteiger partial charge in [-0.15, -0.1) is 0 Å². The van der Waals surface area contributed by atoms with E-state index in [2.05, 4.69) is 140 Å². The maximum absolute atomic E-state index is 6.46. The van der Waals surface area contributed by atoms with Crippen molar-refractivity contribution in [1.29, 1.82) is 0 Å². The number of benzene rings is 7. The molecule has 0 bridgehead atoms. The molecule has 2 heterocycles. The second kappa shape index (κ2) is 12.2. The van der Waals surface area contributed by atoms with Gasteiger partial charge in [-0.05, 0) is 63.7 Å². The average Bonchev–Trinajstić information content (AvgIpc) is 3.57. The first-order valence-corrected chi connectivity index (χ1v) is 16.4. The molecule has 0 amide bonds. The molecule has 0 unspecified atom stereocenters. The van der Waals surface area contributed by atoms with E-state index in [1.807, 2.05) is 36.4 Å². The van der Waals surface area contributed by atoms with Crippen molar-refractivity contribution in [3.05, 3.63) is 176 Å². The summed E-state index contributed by atoms with van der Waals surface area (Å²) in [5, 5.41) is 2.15. The number of nitrogens with zero attached hydrogens (tertiary/aromatic N) is 3. The Hall–Kier alpha value is -6.65. The third kappa shape index (κ3) is 5.45. The lowest BCUT2D eigenvalue weighted by Gasteiger charge is -2.11. The molecule has 0 atom stereocenters. The fourth-order valence-electron chi connectivity index (χ4n) is 6.52. The highest BCUT2D eigenvalue weighted by atomic mass is 16.3. The lowest BCUT2D eigenvalue weighted by molar-refractivity contribution is 0.669. The number of hydrogen-bond acceptors (Lipinski definition) is 4. The van der Waals surface area contributed by atoms with Gasteiger partial charge >= 0.3 is 0 Å². The topological polar surface area (TPSA) is 51.8 Å². The molecule has 4 nitrogen and oxygen atoms in total. The Morgan fingerprint density at radius 2 is 0.755 bits per heavy atom. The molecule has 0 spiro atoms. The van der Waals surface area contributed by atoms with Gasteiger partial charge in [0.25, 0.3) is 0 Å². The quantitative estimate of drug-likeness (QED) is 0.184. The van der Waals surface area contributed by atoms with Gasteiger partial charge in [-0.25, -0.2) is 15.0 Å². The van der Waals surface area contributed by atoms with Crippen molar-refractivity contribution < 1.29 is 4.42 Å². The SMILES string of the molecule is c1ccc(-c2cccc(-c3nc(-c4cccc(-c5ccccc5)c4)nc(-c4ccc5c(c4)oc4cccc(-c6ccccc6)c45)n3)c2)cc1. The molecule has 0 aliphatic carbocycles. The molecule has 2 aromatic heterocycles. The lowest BCUT2D eigenvalue weighted by atomic mass is 9.99. The molecular formula is C45H29N3O. The Bertz CT molecular complexity index is 2490. The molecule has 0 saturated heterocycles. The van der Waals surface area contributed by atoms with Gasteiger partial charge in [0.05, 0.1) is 0 Å². The third-order valence-electron chi connectivity index (χ3n) is 8.93. The van der Waals surface area contributed by atoms with Crippen molar-refractivity contribution in [3.8, 4) is 67.5 Å². The first-order valence-electron chi connectivity index (χ1n) is 16.4. The molecule has 0 fully saturated rings. The summed E-state index contributed by atoms with van der Waals surface area (Å²) in [5.74, 6) is 1.80. The van der Waals surface area contributed by atoms with Crippen LogP contribution in [0.25, 0.3) is 89.5 Å². The van der Waals surface area contributed by atoms with E-state index in [0.717, 1.165) is 72.0 Å². The lowest BCUT2D eigenvalue weighted by Crippen LogP contribution is -2.00. The van der Waals surface area contributed by atoms with Crippen molar-refractivity contribution in [2.75, 3.05) is 0 Å². The fraction of sp³-hybridized carbons (Fsp3) is 0. The van der Waals surface area contributed by atoms with E-state index in [4.69, 9.17) is 19.4 Å². The summed E-state index contributed by atoms with van der Waals surface area (Å²) >= 11 is 0. The zero-order chi connectivity index (χ0) is 32.6. The minimum Gasteiger partial charge on any atom is -0.456 e. The minimum absolute atomic E-state index is 0.584. The standard InChI is InChI=1S/C45H29N3O/c1-4-13-30(14-5-1)33-19-10-21-35(27-33)43-46-44(36-22-11-20-34(28-36)31-15-6-2-7-16-31)48-45(47-43)37-25-26-39-41(29-37)49-40-24-12-23-38(42(39)40)32-17-8-3-9-18-32/h1-29H. The third-order valence-corrected chi connectivity index (χ3v) is 8.93. The van der Waals surface area contributed by atoms with Crippen LogP contribution in [0.3, 0.4) is 0 Å². The Morgan fingerprint density at radius 3 is 1.31 bits per heavy atom. The molecule has 0 aliphatic heterocycles. The van der Waals surface area contributed by atoms with Gasteiger partial charge in [-0.3, -0.25) is 0 Å². The fourth-order valence-corrected chi connectivity index (χ4v) is 6.52. The van der Waals surface area contributed by atoms with Crippen LogP contribution >= 0.6 is 0 Å². The van der Waals surface area contributed by atoms with Crippen molar-refractivity contribution in [3.63, 3.8) is 0 Å². The van der Waals surface area contributed by atoms with E-state index in [0.29, 0.717) is 17.5 Å². The molecule has 7 aromatic carbocycles. The number of furan rings is 1. The summed E-state index contributed by atoms with van der Waals surface area (Å²) in [6.45, 7) is 0. The van der Waals surface area contributed by atoms with Crippen LogP contribution in [-0.2, 0) is 0 Å². The molecule has 0 saturated carbocycles. The van der Waals surface area contributed by atoms with Crippen molar-refractivity contribution in [2.45, 2.75) is 0 Å². The van der Waals surface area contributed by atoms with Crippen LogP contribution in [0, 0.1) is 0 Å². The van der Waals surface area contributed by atoms with Crippen LogP contribution in [0.1, 0.15) is 0 Å². The zero-order valence-corrected chi connectivity index (χ0v) is 26.5. The molecule has 230 valence electrons. The van der Waals surface area contributed by atoms with E-state index in [1.165, 1.54) is 0 Å². The Morgan fingerprint density at radius 1 is 0.306 bits per heavy atom. The molecule has 9 rings (SSSR count). The normalized spacial score (nSPS) is 11.3. The zero-order valence-electron chi connectivity index (χ0n) is 26.5. The van der Waals surface area contributed by atoms with Gasteiger partial charge in [0, 0.05) is 27.5 Å². The van der Waals surface area contributed by atoms with Crippen LogP contribution in [0.15, 0.2) is 180 Å². The summed E-state index contributed by atoms with van der Waals surface area (Å²) < 4.78 is 6.46. The van der Waals surface area contributed by atoms with Crippen LogP contribution in [-0.4, -0.2) is 15.0 Å². The van der Waals surface area contributed by atoms with Crippen LogP contribution < -0.4 is 0 Å². The number of rotatable bonds is 6. The monoisotopic (exact) mass is 627 g/mol. The molecule has 0 aliphatic rings. The minimum atomic E-state index is 0.584. The predicted octanol–water partition coefficient (Wildman–Crippen LogP) is 11.8. The number of fused-ring (bicyclic) bond motifs is 3. The van der Waals surface area contributed by atoms with Gasteiger partial charge in [0.1, 0.15) is 11.2 Å². The maximum atomic E-state index is 6.46. The van der Waals surface area contributed by atoms with E-state index in [9.17, 15) is 0 Å². The first kappa shape index (κ1) is 28.6. The summed E-state index contributed by atoms with van der Waals surface area (Å²) in [6, 6.07) is 60.4. The number of hydrogen-bond donors (Lipinski definition) is 0. The van der Waals surface area contributed by atoms with Gasteiger partial charge < -0.3 is 4.42 Å². The molecule has 49 heavy (non-hydrogen) atoms. The highest BCUT2D eigenvalue weighted by molar-refractivity contribution is 6.13. The highest BCUT2D eigenvalue weighted by Gasteiger charge is 2.17. The van der Waals surface area contributed by atoms with Gasteiger partial charge in [0.2, 0.25) is 0 Å². The predicted molar refractivity (Wildman–Crippen MR) is 200 cm³/mol. The molecule has 0 N–H and O–H groups in total. The first-order chi connectivity index (χ1) is 24.3. The van der Waals surface area contributed by atoms with Crippen molar-refractivity contribution in [2.24, 2.45) is 0 Å². The van der Waals surface area contributed by atoms with Gasteiger partial charge in [0.15, 0.2) is 17.5 Å². The molecule has 0 radical (unpaired) electrons. The van der Waals surface area contributed by atoms with Crippen LogP contribution in [0.4, 0.5) is 0 Å². The van der Waals surface area contributed by atoms with Gasteiger partial charge in [-0.2, -0.15) is 0 Å². The number of aromatic nitrogens is 3. The Balaban J connectivity index is 1.21. The van der Waals surface area contributed by atoms with Crippen molar-refractivity contribution in [1.82, 2.24) is 15.0 Å². The van der Waals surface area contributed by atoms with E-state index in [-0.39, 0.29) is 0 Å². The molecule has 4 heteroatoms. The molecule has 9 aromatic rings. The second-order valence-electron chi connectivity index (χ2n) is 12.1. The van der Waals surface area contributed by atoms with Gasteiger partial charge in [-0.1, -0.05) is 146 Å². The highest BCUT2D eigenvalue weighted by Crippen LogP contribution is 2.38. The largest absolute Gasteiger partial charge is 0.456 e. The van der Waals surface area contributed by atoms with Crippen LogP contribution in [0.5, 0.6) is 0 Å². The second-order valence-corrected chi connectivity index (χ2v) is 12.1. The van der Waals surface area contributed by atoms with Crippen LogP contribution in [0.2, 0.25) is 0 Å². The van der Waals surface area contributed by atoms with E-state index < -0.39 is 0 Å². The maximum Gasteiger partial charge on any atom is 0.164 e. The Labute approximate surface area is 284 Å². The average molecular weight is 628 g/mol. The smallest absolute Gasteiger partial charge is 0.164 e. The summed E-state index contributed by atoms with van der Waals surface area (Å²) in [4.78, 5) is 15.2. The summed E-state index contributed by atoms with van der Waals surface area (Å²) in [6.07, 6.45) is 0. The molecular weight excluding hydrogens is 599 g/mol. The van der Waals surface area contributed by atoms with E-state index >= 15 is 0 Å². The summed E-state index contributed by atoms with van der Waals surface area (Å²) in [5.41, 5.74) is 11.1. The van der Waals surface area contributed by atoms with Crippen molar-refractivity contribution >= 4 is 21.9 Å². The summed E-state index contributed by atoms with van der Waals surface area (Å²) in [7, 11) is 0. The van der Waals surface area contributed by atoms with E-state index in [1.54, 1.807) is 0 Å².